The maximum Gasteiger partial charge on any atom is 0.194 e. The van der Waals surface area contributed by atoms with Crippen LogP contribution in [-0.2, 0) is 17.7 Å². The van der Waals surface area contributed by atoms with E-state index >= 15 is 0 Å². The summed E-state index contributed by atoms with van der Waals surface area (Å²) in [5.74, 6) is 2.48. The van der Waals surface area contributed by atoms with Gasteiger partial charge in [-0.05, 0) is 36.1 Å². The topological polar surface area (TPSA) is 55.3 Å². The van der Waals surface area contributed by atoms with Crippen molar-refractivity contribution in [3.8, 4) is 11.5 Å². The molecule has 26 heavy (non-hydrogen) atoms. The lowest BCUT2D eigenvalue weighted by molar-refractivity contribution is 0.135. The van der Waals surface area contributed by atoms with Crippen LogP contribution in [0.25, 0.3) is 0 Å². The molecule has 0 saturated heterocycles. The Morgan fingerprint density at radius 3 is 2.46 bits per heavy atom. The summed E-state index contributed by atoms with van der Waals surface area (Å²) in [7, 11) is 5.17. The Balaban J connectivity index is 0.00000338. The van der Waals surface area contributed by atoms with E-state index in [-0.39, 0.29) is 24.0 Å². The van der Waals surface area contributed by atoms with Gasteiger partial charge in [0.15, 0.2) is 17.5 Å². The highest BCUT2D eigenvalue weighted by molar-refractivity contribution is 14.0. The molecule has 0 fully saturated rings. The summed E-state index contributed by atoms with van der Waals surface area (Å²) in [5, 5.41) is 3.39. The van der Waals surface area contributed by atoms with Crippen LogP contribution in [0.1, 0.15) is 30.9 Å². The Kier molecular flexibility index (Phi) is 10.7. The van der Waals surface area contributed by atoms with E-state index in [1.54, 1.807) is 14.2 Å². The van der Waals surface area contributed by atoms with Crippen molar-refractivity contribution in [3.05, 3.63) is 23.3 Å². The standard InChI is InChI=1S/C19H31N3O3.HI/c1-5-6-10-25-11-8-21-19(20-2)22-9-7-15-12-17(23-3)18(24-4)13-16(15)14-22;/h12-13H,5-11,14H2,1-4H3,(H,20,21);1H. The van der Waals surface area contributed by atoms with E-state index in [9.17, 15) is 0 Å². The lowest BCUT2D eigenvalue weighted by Crippen LogP contribution is -2.45. The van der Waals surface area contributed by atoms with Crippen LogP contribution >= 0.6 is 24.0 Å². The van der Waals surface area contributed by atoms with Gasteiger partial charge in [0.05, 0.1) is 20.8 Å². The van der Waals surface area contributed by atoms with Crippen LogP contribution in [0.15, 0.2) is 17.1 Å². The fraction of sp³-hybridized carbons (Fsp3) is 0.632. The Bertz CT molecular complexity index is 581. The van der Waals surface area contributed by atoms with Gasteiger partial charge in [0.1, 0.15) is 0 Å². The van der Waals surface area contributed by atoms with Crippen molar-refractivity contribution >= 4 is 29.9 Å². The number of methoxy groups -OCH3 is 2. The Morgan fingerprint density at radius 1 is 1.15 bits per heavy atom. The van der Waals surface area contributed by atoms with Crippen LogP contribution in [0.3, 0.4) is 0 Å². The Hall–Kier alpha value is -1.22. The number of hydrogen-bond acceptors (Lipinski definition) is 4. The fourth-order valence-corrected chi connectivity index (χ4v) is 2.98. The zero-order valence-electron chi connectivity index (χ0n) is 16.3. The molecule has 6 nitrogen and oxygen atoms in total. The summed E-state index contributed by atoms with van der Waals surface area (Å²) in [4.78, 5) is 6.68. The van der Waals surface area contributed by atoms with Crippen LogP contribution in [-0.4, -0.2) is 58.4 Å². The molecular formula is C19H32IN3O3. The number of unbranched alkanes of at least 4 members (excludes halogenated alkanes) is 1. The largest absolute Gasteiger partial charge is 0.493 e. The smallest absolute Gasteiger partial charge is 0.194 e. The van der Waals surface area contributed by atoms with Gasteiger partial charge in [-0.25, -0.2) is 0 Å². The maximum atomic E-state index is 5.60. The molecule has 0 unspecified atom stereocenters. The van der Waals surface area contributed by atoms with Crippen molar-refractivity contribution in [1.29, 1.82) is 0 Å². The number of fused-ring (bicyclic) bond motifs is 1. The van der Waals surface area contributed by atoms with E-state index in [1.165, 1.54) is 11.1 Å². The third-order valence-corrected chi connectivity index (χ3v) is 4.40. The normalized spacial score (nSPS) is 13.7. The molecule has 7 heteroatoms. The van der Waals surface area contributed by atoms with Gasteiger partial charge in [0, 0.05) is 33.3 Å². The van der Waals surface area contributed by atoms with E-state index in [2.05, 4.69) is 34.3 Å². The number of nitrogens with zero attached hydrogens (tertiary/aromatic N) is 2. The third-order valence-electron chi connectivity index (χ3n) is 4.40. The van der Waals surface area contributed by atoms with Gasteiger partial charge < -0.3 is 24.4 Å². The van der Waals surface area contributed by atoms with Crippen molar-refractivity contribution in [2.75, 3.05) is 47.6 Å². The molecule has 1 aliphatic rings. The second-order valence-corrected chi connectivity index (χ2v) is 6.09. The third kappa shape index (κ3) is 6.19. The van der Waals surface area contributed by atoms with Crippen molar-refractivity contribution in [1.82, 2.24) is 10.2 Å². The lowest BCUT2D eigenvalue weighted by Gasteiger charge is -2.32. The number of halogens is 1. The average Bonchev–Trinajstić information content (AvgIpc) is 2.66. The van der Waals surface area contributed by atoms with Crippen LogP contribution in [0.2, 0.25) is 0 Å². The van der Waals surface area contributed by atoms with Gasteiger partial charge in [-0.1, -0.05) is 13.3 Å². The van der Waals surface area contributed by atoms with Gasteiger partial charge in [-0.2, -0.15) is 0 Å². The molecular weight excluding hydrogens is 445 g/mol. The first kappa shape index (κ1) is 22.8. The molecule has 0 atom stereocenters. The first-order valence-electron chi connectivity index (χ1n) is 9.00. The van der Waals surface area contributed by atoms with Gasteiger partial charge >= 0.3 is 0 Å². The quantitative estimate of drug-likeness (QED) is 0.270. The molecule has 148 valence electrons. The predicted molar refractivity (Wildman–Crippen MR) is 116 cm³/mol. The number of guanidine groups is 1. The van der Waals surface area contributed by atoms with E-state index in [0.29, 0.717) is 6.61 Å². The minimum atomic E-state index is 0. The number of benzene rings is 1. The summed E-state index contributed by atoms with van der Waals surface area (Å²) < 4.78 is 16.4. The molecule has 1 heterocycles. The van der Waals surface area contributed by atoms with Crippen molar-refractivity contribution in [2.24, 2.45) is 4.99 Å². The first-order chi connectivity index (χ1) is 12.2. The highest BCUT2D eigenvalue weighted by Crippen LogP contribution is 2.33. The first-order valence-corrected chi connectivity index (χ1v) is 9.00. The highest BCUT2D eigenvalue weighted by Gasteiger charge is 2.21. The van der Waals surface area contributed by atoms with E-state index in [4.69, 9.17) is 14.2 Å². The van der Waals surface area contributed by atoms with Crippen LogP contribution in [0.5, 0.6) is 11.5 Å². The molecule has 0 spiro atoms. The molecule has 0 aromatic heterocycles. The fourth-order valence-electron chi connectivity index (χ4n) is 2.98. The number of aliphatic imine (C=N–C) groups is 1. The monoisotopic (exact) mass is 477 g/mol. The summed E-state index contributed by atoms with van der Waals surface area (Å²) in [6.07, 6.45) is 3.24. The van der Waals surface area contributed by atoms with E-state index in [1.807, 2.05) is 7.05 Å². The number of rotatable bonds is 8. The number of hydrogen-bond donors (Lipinski definition) is 1. The maximum absolute atomic E-state index is 5.60. The number of ether oxygens (including phenoxy) is 3. The highest BCUT2D eigenvalue weighted by atomic mass is 127. The number of nitrogens with one attached hydrogen (secondary N) is 1. The van der Waals surface area contributed by atoms with Gasteiger partial charge in [0.2, 0.25) is 0 Å². The van der Waals surface area contributed by atoms with Gasteiger partial charge in [-0.15, -0.1) is 24.0 Å². The van der Waals surface area contributed by atoms with E-state index in [0.717, 1.165) is 63.0 Å². The molecule has 1 aliphatic heterocycles. The summed E-state index contributed by atoms with van der Waals surface area (Å²) in [6, 6.07) is 4.16. The molecule has 2 rings (SSSR count). The Labute approximate surface area is 174 Å². The lowest BCUT2D eigenvalue weighted by atomic mass is 9.99. The zero-order chi connectivity index (χ0) is 18.1. The van der Waals surface area contributed by atoms with Gasteiger partial charge in [-0.3, -0.25) is 4.99 Å². The second kappa shape index (κ2) is 12.2. The van der Waals surface area contributed by atoms with Crippen LogP contribution in [0, 0.1) is 0 Å². The molecule has 0 radical (unpaired) electrons. The minimum Gasteiger partial charge on any atom is -0.493 e. The molecule has 0 aliphatic carbocycles. The summed E-state index contributed by atoms with van der Waals surface area (Å²) in [6.45, 7) is 6.21. The van der Waals surface area contributed by atoms with Crippen molar-refractivity contribution in [3.63, 3.8) is 0 Å². The zero-order valence-corrected chi connectivity index (χ0v) is 18.7. The second-order valence-electron chi connectivity index (χ2n) is 6.09. The molecule has 0 saturated carbocycles. The molecule has 1 aromatic carbocycles. The van der Waals surface area contributed by atoms with E-state index < -0.39 is 0 Å². The Morgan fingerprint density at radius 2 is 1.85 bits per heavy atom. The average molecular weight is 477 g/mol. The van der Waals surface area contributed by atoms with Crippen LogP contribution < -0.4 is 14.8 Å². The molecule has 0 bridgehead atoms. The van der Waals surface area contributed by atoms with Crippen molar-refractivity contribution < 1.29 is 14.2 Å². The molecule has 1 aromatic rings. The predicted octanol–water partition coefficient (Wildman–Crippen LogP) is 3.07. The van der Waals surface area contributed by atoms with Crippen LogP contribution in [0.4, 0.5) is 0 Å². The summed E-state index contributed by atoms with van der Waals surface area (Å²) >= 11 is 0. The van der Waals surface area contributed by atoms with Gasteiger partial charge in [0.25, 0.3) is 0 Å². The summed E-state index contributed by atoms with van der Waals surface area (Å²) in [5.41, 5.74) is 2.57. The molecule has 0 amide bonds. The molecule has 1 N–H and O–H groups in total. The SMILES string of the molecule is CCCCOCCNC(=NC)N1CCc2cc(OC)c(OC)cc2C1.I. The minimum absolute atomic E-state index is 0. The van der Waals surface area contributed by atoms with Crippen molar-refractivity contribution in [2.45, 2.75) is 32.7 Å².